The largest absolute Gasteiger partial charge is 0.340 e. The molecule has 0 spiro atoms. The van der Waals surface area contributed by atoms with Gasteiger partial charge in [-0.2, -0.15) is 5.10 Å². The molecular formula is C16H21N5. The molecule has 0 atom stereocenters. The maximum Gasteiger partial charge on any atom is 0.147 e. The fraction of sp³-hybridized carbons (Fsp3) is 0.375. The fourth-order valence-corrected chi connectivity index (χ4v) is 2.74. The van der Waals surface area contributed by atoms with E-state index in [-0.39, 0.29) is 0 Å². The van der Waals surface area contributed by atoms with Crippen LogP contribution in [0.15, 0.2) is 36.8 Å². The Morgan fingerprint density at radius 1 is 1.24 bits per heavy atom. The van der Waals surface area contributed by atoms with Crippen molar-refractivity contribution in [2.24, 2.45) is 0 Å². The molecule has 110 valence electrons. The lowest BCUT2D eigenvalue weighted by Crippen LogP contribution is -2.11. The van der Waals surface area contributed by atoms with E-state index in [0.29, 0.717) is 6.04 Å². The molecule has 0 unspecified atom stereocenters. The molecule has 0 amide bonds. The van der Waals surface area contributed by atoms with Crippen LogP contribution in [0.5, 0.6) is 0 Å². The van der Waals surface area contributed by atoms with Crippen molar-refractivity contribution in [1.29, 1.82) is 0 Å². The molecule has 0 fully saturated rings. The third-order valence-electron chi connectivity index (χ3n) is 3.72. The maximum absolute atomic E-state index is 4.40. The number of hydrogen-bond donors (Lipinski definition) is 1. The maximum atomic E-state index is 4.40. The first-order valence-electron chi connectivity index (χ1n) is 7.30. The Bertz CT molecular complexity index is 738. The number of hydrogen-bond acceptors (Lipinski definition) is 3. The lowest BCUT2D eigenvalue weighted by molar-refractivity contribution is 0.498. The van der Waals surface area contributed by atoms with Gasteiger partial charge in [-0.05, 0) is 38.6 Å². The summed E-state index contributed by atoms with van der Waals surface area (Å²) in [5.74, 6) is 0.988. The van der Waals surface area contributed by atoms with Gasteiger partial charge < -0.3 is 9.88 Å². The van der Waals surface area contributed by atoms with Gasteiger partial charge in [0.15, 0.2) is 0 Å². The molecule has 21 heavy (non-hydrogen) atoms. The van der Waals surface area contributed by atoms with Gasteiger partial charge in [0.25, 0.3) is 0 Å². The van der Waals surface area contributed by atoms with Crippen LogP contribution in [0.1, 0.15) is 31.3 Å². The standard InChI is InChI=1S/C16H21N5/c1-12(2)21-16(18-11-19-21)10-20-8-7-14-13(9-17-3)5-4-6-15(14)20/h4-8,11-12,17H,9-10H2,1-3H3. The Morgan fingerprint density at radius 3 is 2.86 bits per heavy atom. The van der Waals surface area contributed by atoms with Crippen LogP contribution in [-0.4, -0.2) is 26.4 Å². The average molecular weight is 283 g/mol. The number of nitrogens with zero attached hydrogens (tertiary/aromatic N) is 4. The molecule has 2 aromatic heterocycles. The van der Waals surface area contributed by atoms with Crippen LogP contribution in [-0.2, 0) is 13.1 Å². The Morgan fingerprint density at radius 2 is 2.10 bits per heavy atom. The van der Waals surface area contributed by atoms with Crippen molar-refractivity contribution in [3.63, 3.8) is 0 Å². The Hall–Kier alpha value is -2.14. The fourth-order valence-electron chi connectivity index (χ4n) is 2.74. The van der Waals surface area contributed by atoms with Crippen LogP contribution in [0.25, 0.3) is 10.9 Å². The molecule has 1 N–H and O–H groups in total. The van der Waals surface area contributed by atoms with Crippen LogP contribution in [0.2, 0.25) is 0 Å². The van der Waals surface area contributed by atoms with Crippen LogP contribution in [0.3, 0.4) is 0 Å². The molecule has 0 aliphatic heterocycles. The molecule has 0 saturated carbocycles. The zero-order valence-corrected chi connectivity index (χ0v) is 12.7. The first-order valence-corrected chi connectivity index (χ1v) is 7.30. The highest BCUT2D eigenvalue weighted by Gasteiger charge is 2.10. The second-order valence-corrected chi connectivity index (χ2v) is 5.54. The van der Waals surface area contributed by atoms with Crippen molar-refractivity contribution in [1.82, 2.24) is 24.6 Å². The first-order chi connectivity index (χ1) is 10.2. The predicted molar refractivity (Wildman–Crippen MR) is 84.2 cm³/mol. The predicted octanol–water partition coefficient (Wildman–Crippen LogP) is 2.58. The average Bonchev–Trinajstić information content (AvgIpc) is 3.08. The zero-order chi connectivity index (χ0) is 14.8. The zero-order valence-electron chi connectivity index (χ0n) is 12.7. The lowest BCUT2D eigenvalue weighted by Gasteiger charge is -2.11. The molecule has 5 heteroatoms. The minimum Gasteiger partial charge on any atom is -0.340 e. The van der Waals surface area contributed by atoms with Gasteiger partial charge in [-0.15, -0.1) is 0 Å². The number of fused-ring (bicyclic) bond motifs is 1. The van der Waals surface area contributed by atoms with Crippen molar-refractivity contribution in [3.8, 4) is 0 Å². The minimum absolute atomic E-state index is 0.323. The third kappa shape index (κ3) is 2.56. The summed E-state index contributed by atoms with van der Waals surface area (Å²) < 4.78 is 4.21. The molecule has 5 nitrogen and oxygen atoms in total. The van der Waals surface area contributed by atoms with Gasteiger partial charge in [0, 0.05) is 29.7 Å². The monoisotopic (exact) mass is 283 g/mol. The molecule has 1 aromatic carbocycles. The minimum atomic E-state index is 0.323. The van der Waals surface area contributed by atoms with E-state index in [1.165, 1.54) is 16.5 Å². The van der Waals surface area contributed by atoms with Gasteiger partial charge in [-0.25, -0.2) is 9.67 Å². The molecule has 3 aromatic rings. The van der Waals surface area contributed by atoms with Gasteiger partial charge in [-0.3, -0.25) is 0 Å². The van der Waals surface area contributed by atoms with E-state index in [1.807, 2.05) is 11.7 Å². The number of rotatable bonds is 5. The third-order valence-corrected chi connectivity index (χ3v) is 3.72. The van der Waals surface area contributed by atoms with Crippen LogP contribution >= 0.6 is 0 Å². The van der Waals surface area contributed by atoms with Crippen molar-refractivity contribution in [3.05, 3.63) is 48.2 Å². The summed E-state index contributed by atoms with van der Waals surface area (Å²) in [4.78, 5) is 4.40. The second-order valence-electron chi connectivity index (χ2n) is 5.54. The van der Waals surface area contributed by atoms with E-state index in [9.17, 15) is 0 Å². The molecule has 3 rings (SSSR count). The molecule has 0 saturated heterocycles. The number of benzene rings is 1. The summed E-state index contributed by atoms with van der Waals surface area (Å²) in [7, 11) is 1.97. The van der Waals surface area contributed by atoms with Gasteiger partial charge in [0.2, 0.25) is 0 Å². The number of aromatic nitrogens is 4. The molecular weight excluding hydrogens is 262 g/mol. The van der Waals surface area contributed by atoms with Crippen molar-refractivity contribution in [2.45, 2.75) is 33.0 Å². The highest BCUT2D eigenvalue weighted by Crippen LogP contribution is 2.21. The van der Waals surface area contributed by atoms with Gasteiger partial charge in [-0.1, -0.05) is 12.1 Å². The quantitative estimate of drug-likeness (QED) is 0.783. The number of nitrogens with one attached hydrogen (secondary N) is 1. The Labute approximate surface area is 124 Å². The first kappa shape index (κ1) is 13.8. The van der Waals surface area contributed by atoms with E-state index in [0.717, 1.165) is 18.9 Å². The van der Waals surface area contributed by atoms with E-state index < -0.39 is 0 Å². The van der Waals surface area contributed by atoms with E-state index >= 15 is 0 Å². The normalized spacial score (nSPS) is 11.6. The van der Waals surface area contributed by atoms with E-state index in [2.05, 4.69) is 64.3 Å². The second kappa shape index (κ2) is 5.69. The molecule has 0 aliphatic rings. The van der Waals surface area contributed by atoms with E-state index in [1.54, 1.807) is 6.33 Å². The highest BCUT2D eigenvalue weighted by atomic mass is 15.4. The molecule has 0 bridgehead atoms. The Kier molecular flexibility index (Phi) is 3.75. The van der Waals surface area contributed by atoms with E-state index in [4.69, 9.17) is 0 Å². The summed E-state index contributed by atoms with van der Waals surface area (Å²) in [5, 5.41) is 8.82. The molecule has 2 heterocycles. The summed E-state index contributed by atoms with van der Waals surface area (Å²) >= 11 is 0. The Balaban J connectivity index is 1.98. The van der Waals surface area contributed by atoms with Gasteiger partial charge in [0.1, 0.15) is 12.2 Å². The van der Waals surface area contributed by atoms with Crippen LogP contribution in [0, 0.1) is 0 Å². The summed E-state index contributed by atoms with van der Waals surface area (Å²) in [6.07, 6.45) is 3.76. The SMILES string of the molecule is CNCc1cccc2c1ccn2Cc1ncnn1C(C)C. The highest BCUT2D eigenvalue weighted by molar-refractivity contribution is 5.83. The van der Waals surface area contributed by atoms with Crippen molar-refractivity contribution >= 4 is 10.9 Å². The van der Waals surface area contributed by atoms with Crippen LogP contribution in [0.4, 0.5) is 0 Å². The van der Waals surface area contributed by atoms with Crippen LogP contribution < -0.4 is 5.32 Å². The van der Waals surface area contributed by atoms with Crippen molar-refractivity contribution in [2.75, 3.05) is 7.05 Å². The van der Waals surface area contributed by atoms with Crippen molar-refractivity contribution < 1.29 is 0 Å². The summed E-state index contributed by atoms with van der Waals surface area (Å²) in [5.41, 5.74) is 2.56. The molecule has 0 radical (unpaired) electrons. The smallest absolute Gasteiger partial charge is 0.147 e. The summed E-state index contributed by atoms with van der Waals surface area (Å²) in [6.45, 7) is 5.86. The molecule has 0 aliphatic carbocycles. The lowest BCUT2D eigenvalue weighted by atomic mass is 10.1. The summed E-state index contributed by atoms with van der Waals surface area (Å²) in [6, 6.07) is 8.94. The van der Waals surface area contributed by atoms with Gasteiger partial charge in [0.05, 0.1) is 6.54 Å². The van der Waals surface area contributed by atoms with Gasteiger partial charge >= 0.3 is 0 Å². The topological polar surface area (TPSA) is 47.7 Å².